The molecule has 6 nitrogen and oxygen atoms in total. The van der Waals surface area contributed by atoms with Crippen molar-refractivity contribution in [3.8, 4) is 0 Å². The predicted molar refractivity (Wildman–Crippen MR) is 84.3 cm³/mol. The summed E-state index contributed by atoms with van der Waals surface area (Å²) in [5.74, 6) is -2.32. The van der Waals surface area contributed by atoms with Crippen LogP contribution in [0.5, 0.6) is 0 Å². The van der Waals surface area contributed by atoms with E-state index in [-0.39, 0.29) is 17.9 Å². The predicted octanol–water partition coefficient (Wildman–Crippen LogP) is 2.27. The first-order valence-electron chi connectivity index (χ1n) is 7.18. The number of carboxylic acid groups (broad SMARTS) is 1. The van der Waals surface area contributed by atoms with Crippen molar-refractivity contribution in [2.75, 3.05) is 10.2 Å². The number of benzene rings is 2. The van der Waals surface area contributed by atoms with Crippen molar-refractivity contribution < 1.29 is 23.9 Å². The first-order chi connectivity index (χ1) is 11.5. The van der Waals surface area contributed by atoms with Crippen LogP contribution in [0, 0.1) is 5.82 Å². The molecule has 1 saturated heterocycles. The van der Waals surface area contributed by atoms with E-state index in [2.05, 4.69) is 5.32 Å². The minimum absolute atomic E-state index is 0.0309. The number of rotatable bonds is 4. The monoisotopic (exact) mass is 328 g/mol. The van der Waals surface area contributed by atoms with Crippen molar-refractivity contribution in [3.05, 3.63) is 59.9 Å². The van der Waals surface area contributed by atoms with Gasteiger partial charge in [-0.05, 0) is 48.5 Å². The second-order valence-electron chi connectivity index (χ2n) is 5.33. The Morgan fingerprint density at radius 3 is 2.29 bits per heavy atom. The Kier molecular flexibility index (Phi) is 3.99. The number of hydrogen-bond donors (Lipinski definition) is 2. The molecule has 0 radical (unpaired) electrons. The average Bonchev–Trinajstić information content (AvgIpc) is 2.83. The third-order valence-electron chi connectivity index (χ3n) is 3.70. The van der Waals surface area contributed by atoms with Crippen LogP contribution < -0.4 is 10.2 Å². The van der Waals surface area contributed by atoms with Crippen LogP contribution in [-0.2, 0) is 9.59 Å². The molecule has 122 valence electrons. The largest absolute Gasteiger partial charge is 0.478 e. The third kappa shape index (κ3) is 2.96. The molecule has 2 N–H and O–H groups in total. The Hall–Kier alpha value is -3.22. The number of nitrogens with one attached hydrogen (secondary N) is 1. The molecule has 2 amide bonds. The highest BCUT2D eigenvalue weighted by atomic mass is 19.1. The van der Waals surface area contributed by atoms with Crippen LogP contribution in [0.15, 0.2) is 48.5 Å². The summed E-state index contributed by atoms with van der Waals surface area (Å²) >= 11 is 0. The van der Waals surface area contributed by atoms with Gasteiger partial charge in [0.1, 0.15) is 11.9 Å². The van der Waals surface area contributed by atoms with Crippen molar-refractivity contribution in [1.29, 1.82) is 0 Å². The van der Waals surface area contributed by atoms with Crippen molar-refractivity contribution >= 4 is 29.2 Å². The number of carboxylic acids is 1. The van der Waals surface area contributed by atoms with Gasteiger partial charge >= 0.3 is 5.97 Å². The minimum Gasteiger partial charge on any atom is -0.478 e. The number of anilines is 2. The topological polar surface area (TPSA) is 86.7 Å². The molecule has 0 aliphatic carbocycles. The molecule has 0 spiro atoms. The van der Waals surface area contributed by atoms with Gasteiger partial charge in [-0.1, -0.05) is 0 Å². The summed E-state index contributed by atoms with van der Waals surface area (Å²) in [4.78, 5) is 36.4. The van der Waals surface area contributed by atoms with Gasteiger partial charge in [-0.3, -0.25) is 9.59 Å². The minimum atomic E-state index is -1.05. The van der Waals surface area contributed by atoms with Crippen LogP contribution in [0.2, 0.25) is 0 Å². The second kappa shape index (κ2) is 6.11. The fourth-order valence-electron chi connectivity index (χ4n) is 2.52. The second-order valence-corrected chi connectivity index (χ2v) is 5.33. The molecule has 24 heavy (non-hydrogen) atoms. The highest BCUT2D eigenvalue weighted by Crippen LogP contribution is 2.25. The van der Waals surface area contributed by atoms with Gasteiger partial charge in [0, 0.05) is 5.69 Å². The Morgan fingerprint density at radius 2 is 1.71 bits per heavy atom. The lowest BCUT2D eigenvalue weighted by atomic mass is 10.2. The fraction of sp³-hybridized carbons (Fsp3) is 0.118. The summed E-state index contributed by atoms with van der Waals surface area (Å²) in [5, 5.41) is 11.8. The average molecular weight is 328 g/mol. The van der Waals surface area contributed by atoms with Crippen molar-refractivity contribution in [3.63, 3.8) is 0 Å². The van der Waals surface area contributed by atoms with Gasteiger partial charge < -0.3 is 10.4 Å². The lowest BCUT2D eigenvalue weighted by molar-refractivity contribution is -0.121. The van der Waals surface area contributed by atoms with Gasteiger partial charge in [-0.15, -0.1) is 0 Å². The highest BCUT2D eigenvalue weighted by Gasteiger charge is 2.39. The Morgan fingerprint density at radius 1 is 1.08 bits per heavy atom. The quantitative estimate of drug-likeness (QED) is 0.841. The lowest BCUT2D eigenvalue weighted by Crippen LogP contribution is -2.34. The fourth-order valence-corrected chi connectivity index (χ4v) is 2.52. The third-order valence-corrected chi connectivity index (χ3v) is 3.70. The summed E-state index contributed by atoms with van der Waals surface area (Å²) in [6, 6.07) is 10.2. The van der Waals surface area contributed by atoms with Crippen molar-refractivity contribution in [2.45, 2.75) is 12.5 Å². The number of aromatic carboxylic acids is 1. The molecule has 0 aromatic heterocycles. The van der Waals surface area contributed by atoms with E-state index in [1.165, 1.54) is 48.5 Å². The number of halogens is 1. The van der Waals surface area contributed by atoms with Gasteiger partial charge in [-0.25, -0.2) is 14.1 Å². The molecular weight excluding hydrogens is 315 g/mol. The number of imide groups is 1. The molecule has 0 unspecified atom stereocenters. The SMILES string of the molecule is O=C(O)c1ccc(N[C@@H]2CC(=O)N(c3ccc(F)cc3)C2=O)cc1. The van der Waals surface area contributed by atoms with Crippen LogP contribution in [0.3, 0.4) is 0 Å². The maximum Gasteiger partial charge on any atom is 0.335 e. The van der Waals surface area contributed by atoms with Gasteiger partial charge in [-0.2, -0.15) is 0 Å². The maximum atomic E-state index is 13.0. The summed E-state index contributed by atoms with van der Waals surface area (Å²) in [5.41, 5.74) is 0.978. The summed E-state index contributed by atoms with van der Waals surface area (Å²) in [6.07, 6.45) is -0.0309. The van der Waals surface area contributed by atoms with Crippen LogP contribution >= 0.6 is 0 Å². The Bertz CT molecular complexity index is 802. The van der Waals surface area contributed by atoms with Crippen molar-refractivity contribution in [1.82, 2.24) is 0 Å². The van der Waals surface area contributed by atoms with E-state index in [1.807, 2.05) is 0 Å². The first-order valence-corrected chi connectivity index (χ1v) is 7.18. The van der Waals surface area contributed by atoms with Crippen LogP contribution in [0.1, 0.15) is 16.8 Å². The molecule has 0 saturated carbocycles. The van der Waals surface area contributed by atoms with Crippen molar-refractivity contribution in [2.24, 2.45) is 0 Å². The lowest BCUT2D eigenvalue weighted by Gasteiger charge is -2.16. The molecule has 2 aromatic carbocycles. The van der Waals surface area contributed by atoms with Gasteiger partial charge in [0.05, 0.1) is 17.7 Å². The molecule has 1 aliphatic heterocycles. The molecule has 1 aliphatic rings. The molecule has 1 fully saturated rings. The normalized spacial score (nSPS) is 17.2. The maximum absolute atomic E-state index is 13.0. The summed E-state index contributed by atoms with van der Waals surface area (Å²) in [6.45, 7) is 0. The molecular formula is C17H13FN2O4. The van der Waals surface area contributed by atoms with E-state index >= 15 is 0 Å². The number of carbonyl (C=O) groups is 3. The van der Waals surface area contributed by atoms with Gasteiger partial charge in [0.2, 0.25) is 5.91 Å². The smallest absolute Gasteiger partial charge is 0.335 e. The van der Waals surface area contributed by atoms with Gasteiger partial charge in [0.25, 0.3) is 5.91 Å². The molecule has 2 aromatic rings. The number of amides is 2. The van der Waals surface area contributed by atoms with Crippen LogP contribution in [0.4, 0.5) is 15.8 Å². The molecule has 1 atom stereocenters. The summed E-state index contributed by atoms with van der Waals surface area (Å²) in [7, 11) is 0. The van der Waals surface area contributed by atoms with E-state index in [9.17, 15) is 18.8 Å². The van der Waals surface area contributed by atoms with E-state index in [4.69, 9.17) is 5.11 Å². The molecule has 7 heteroatoms. The highest BCUT2D eigenvalue weighted by molar-refractivity contribution is 6.23. The zero-order valence-electron chi connectivity index (χ0n) is 12.4. The van der Waals surface area contributed by atoms with E-state index < -0.39 is 23.7 Å². The molecule has 3 rings (SSSR count). The zero-order chi connectivity index (χ0) is 17.3. The number of carbonyl (C=O) groups excluding carboxylic acids is 2. The number of hydrogen-bond acceptors (Lipinski definition) is 4. The standard InChI is InChI=1S/C17H13FN2O4/c18-11-3-7-13(8-4-11)20-15(21)9-14(16(20)22)19-12-5-1-10(2-6-12)17(23)24/h1-8,14,19H,9H2,(H,23,24)/t14-/m1/s1. The van der Waals surface area contributed by atoms with E-state index in [0.29, 0.717) is 11.4 Å². The van der Waals surface area contributed by atoms with Crippen LogP contribution in [-0.4, -0.2) is 28.9 Å². The summed E-state index contributed by atoms with van der Waals surface area (Å²) < 4.78 is 13.0. The Balaban J connectivity index is 1.76. The van der Waals surface area contributed by atoms with Crippen LogP contribution in [0.25, 0.3) is 0 Å². The molecule has 0 bridgehead atoms. The van der Waals surface area contributed by atoms with Gasteiger partial charge in [0.15, 0.2) is 0 Å². The Labute approximate surface area is 136 Å². The van der Waals surface area contributed by atoms with E-state index in [0.717, 1.165) is 4.90 Å². The van der Waals surface area contributed by atoms with E-state index in [1.54, 1.807) is 0 Å². The number of nitrogens with zero attached hydrogens (tertiary/aromatic N) is 1. The zero-order valence-corrected chi connectivity index (χ0v) is 12.4. The first kappa shape index (κ1) is 15.7. The molecule has 1 heterocycles.